The number of alkyl carbamates (subject to hydrolysis) is 1. The number of benzene rings is 2. The van der Waals surface area contributed by atoms with Crippen molar-refractivity contribution in [3.8, 4) is 0 Å². The van der Waals surface area contributed by atoms with Crippen LogP contribution in [0.25, 0.3) is 0 Å². The monoisotopic (exact) mass is 518 g/mol. The van der Waals surface area contributed by atoms with Crippen LogP contribution in [0.3, 0.4) is 0 Å². The van der Waals surface area contributed by atoms with Gasteiger partial charge >= 0.3 is 6.09 Å². The molecule has 1 aliphatic rings. The van der Waals surface area contributed by atoms with Gasteiger partial charge in [0.1, 0.15) is 23.8 Å². The number of methoxy groups -OCH3 is 1. The highest BCUT2D eigenvalue weighted by molar-refractivity contribution is 5.96. The molecular formula is C27H30N6O5. The molecule has 1 aliphatic heterocycles. The van der Waals surface area contributed by atoms with Crippen LogP contribution >= 0.6 is 0 Å². The van der Waals surface area contributed by atoms with Crippen LogP contribution in [0.2, 0.25) is 0 Å². The predicted molar refractivity (Wildman–Crippen MR) is 138 cm³/mol. The van der Waals surface area contributed by atoms with Crippen LogP contribution in [0.15, 0.2) is 71.3 Å². The second kappa shape index (κ2) is 12.2. The van der Waals surface area contributed by atoms with E-state index in [1.165, 1.54) is 7.11 Å². The number of amides is 2. The van der Waals surface area contributed by atoms with Gasteiger partial charge in [0.2, 0.25) is 11.8 Å². The number of nitrogens with zero attached hydrogens (tertiary/aromatic N) is 1. The number of hydrogen-bond acceptors (Lipinski definition) is 8. The first kappa shape index (κ1) is 26.6. The van der Waals surface area contributed by atoms with Gasteiger partial charge in [-0.25, -0.2) is 9.78 Å². The summed E-state index contributed by atoms with van der Waals surface area (Å²) in [7, 11) is 1.21. The van der Waals surface area contributed by atoms with Crippen molar-refractivity contribution in [3.05, 3.63) is 89.6 Å². The number of Topliss-reactive ketones (excluding diaryl/α,β-unsaturated/α-hetero) is 1. The van der Waals surface area contributed by atoms with E-state index in [2.05, 4.69) is 20.9 Å². The van der Waals surface area contributed by atoms with Crippen LogP contribution in [0.1, 0.15) is 47.5 Å². The average molecular weight is 519 g/mol. The number of nitrogens with one attached hydrogen (secondary N) is 4. The Bertz CT molecular complexity index is 1230. The molecule has 0 aliphatic carbocycles. The Balaban J connectivity index is 1.73. The van der Waals surface area contributed by atoms with Crippen LogP contribution in [0.4, 0.5) is 4.79 Å². The van der Waals surface area contributed by atoms with Gasteiger partial charge in [0.05, 0.1) is 13.2 Å². The number of carbonyl (C=O) groups excluding carboxylic acids is 3. The molecule has 38 heavy (non-hydrogen) atoms. The third-order valence-corrected chi connectivity index (χ3v) is 6.41. The van der Waals surface area contributed by atoms with Crippen LogP contribution in [-0.4, -0.2) is 54.3 Å². The summed E-state index contributed by atoms with van der Waals surface area (Å²) in [5.41, 5.74) is 7.11. The fraction of sp³-hybridized carbons (Fsp3) is 0.296. The first-order chi connectivity index (χ1) is 18.4. The van der Waals surface area contributed by atoms with E-state index in [1.807, 2.05) is 60.7 Å². The Kier molecular flexibility index (Phi) is 8.49. The molecule has 1 aromatic heterocycles. The second-order valence-corrected chi connectivity index (χ2v) is 8.89. The zero-order chi connectivity index (χ0) is 27.1. The highest BCUT2D eigenvalue weighted by Gasteiger charge is 2.39. The maximum absolute atomic E-state index is 13.9. The van der Waals surface area contributed by atoms with E-state index in [4.69, 9.17) is 20.3 Å². The minimum atomic E-state index is -1.28. The standard InChI is InChI=1S/C27H30N6O5/c1-37-27(36)33-21(20(16-9-4-2-5-10-16)17-11-6-3-7-12-17)25(35)32-22(23(34)18-13-8-14-30-18)26-31-19(15-38-26)24(28)29/h2-7,9-12,15,18,20-22,30H,8,13-14H2,1H3,(H3,28,29)(H,32,35)(H,33,36)/t18-,21+,22?/m0/s1. The number of carbonyl (C=O) groups is 3. The lowest BCUT2D eigenvalue weighted by atomic mass is 9.84. The van der Waals surface area contributed by atoms with Crippen LogP contribution in [0, 0.1) is 5.41 Å². The van der Waals surface area contributed by atoms with Crippen molar-refractivity contribution < 1.29 is 23.5 Å². The number of nitrogens with two attached hydrogens (primary N) is 1. The molecule has 198 valence electrons. The summed E-state index contributed by atoms with van der Waals surface area (Å²) < 4.78 is 10.3. The molecule has 1 fully saturated rings. The van der Waals surface area contributed by atoms with Gasteiger partial charge in [0.15, 0.2) is 11.8 Å². The Morgan fingerprint density at radius 3 is 2.21 bits per heavy atom. The fourth-order valence-electron chi connectivity index (χ4n) is 4.54. The minimum Gasteiger partial charge on any atom is -0.453 e. The number of rotatable bonds is 10. The smallest absolute Gasteiger partial charge is 0.407 e. The van der Waals surface area contributed by atoms with Crippen LogP contribution in [0.5, 0.6) is 0 Å². The van der Waals surface area contributed by atoms with E-state index in [0.717, 1.165) is 23.8 Å². The van der Waals surface area contributed by atoms with Gasteiger partial charge in [0.25, 0.3) is 0 Å². The Hall–Kier alpha value is -4.51. The largest absolute Gasteiger partial charge is 0.453 e. The zero-order valence-electron chi connectivity index (χ0n) is 20.8. The SMILES string of the molecule is COC(=O)N[C@@H](C(=O)NC(C(=O)[C@@H]1CCCN1)c1nc(C(=N)N)co1)C(c1ccccc1)c1ccccc1. The lowest BCUT2D eigenvalue weighted by Gasteiger charge is -2.29. The first-order valence-corrected chi connectivity index (χ1v) is 12.2. The molecular weight excluding hydrogens is 488 g/mol. The lowest BCUT2D eigenvalue weighted by molar-refractivity contribution is -0.130. The Labute approximate surface area is 219 Å². The van der Waals surface area contributed by atoms with Crippen molar-refractivity contribution in [3.63, 3.8) is 0 Å². The Morgan fingerprint density at radius 1 is 1.08 bits per heavy atom. The minimum absolute atomic E-state index is 0.0436. The first-order valence-electron chi connectivity index (χ1n) is 12.2. The van der Waals surface area contributed by atoms with Crippen molar-refractivity contribution in [1.82, 2.24) is 20.9 Å². The van der Waals surface area contributed by atoms with Crippen molar-refractivity contribution in [2.75, 3.05) is 13.7 Å². The molecule has 6 N–H and O–H groups in total. The van der Waals surface area contributed by atoms with Crippen molar-refractivity contribution in [2.24, 2.45) is 5.73 Å². The summed E-state index contributed by atoms with van der Waals surface area (Å²) in [6, 6.07) is 15.5. The van der Waals surface area contributed by atoms with E-state index in [-0.39, 0.29) is 23.2 Å². The normalized spacial score (nSPS) is 16.4. The van der Waals surface area contributed by atoms with E-state index in [9.17, 15) is 14.4 Å². The van der Waals surface area contributed by atoms with Gasteiger partial charge in [-0.05, 0) is 30.5 Å². The number of ether oxygens (including phenoxy) is 1. The quantitative estimate of drug-likeness (QED) is 0.200. The summed E-state index contributed by atoms with van der Waals surface area (Å²) in [6.45, 7) is 0.665. The summed E-state index contributed by atoms with van der Waals surface area (Å²) in [4.78, 5) is 44.0. The molecule has 11 heteroatoms. The molecule has 11 nitrogen and oxygen atoms in total. The molecule has 1 unspecified atom stereocenters. The third-order valence-electron chi connectivity index (χ3n) is 6.41. The maximum Gasteiger partial charge on any atom is 0.407 e. The van der Waals surface area contributed by atoms with Gasteiger partial charge in [-0.15, -0.1) is 0 Å². The highest BCUT2D eigenvalue weighted by atomic mass is 16.5. The molecule has 3 atom stereocenters. The third kappa shape index (κ3) is 6.06. The molecule has 2 aromatic carbocycles. The number of oxazole rings is 1. The highest BCUT2D eigenvalue weighted by Crippen LogP contribution is 2.29. The molecule has 0 radical (unpaired) electrons. The lowest BCUT2D eigenvalue weighted by Crippen LogP contribution is -2.53. The average Bonchev–Trinajstić information content (AvgIpc) is 3.65. The summed E-state index contributed by atoms with van der Waals surface area (Å²) in [6.07, 6.45) is 1.74. The fourth-order valence-corrected chi connectivity index (χ4v) is 4.54. The van der Waals surface area contributed by atoms with Gasteiger partial charge in [-0.1, -0.05) is 60.7 Å². The van der Waals surface area contributed by atoms with E-state index in [0.29, 0.717) is 13.0 Å². The Morgan fingerprint density at radius 2 is 1.71 bits per heavy atom. The topological polar surface area (TPSA) is 172 Å². The van der Waals surface area contributed by atoms with Gasteiger partial charge in [-0.2, -0.15) is 0 Å². The number of ketones is 1. The summed E-state index contributed by atoms with van der Waals surface area (Å²) in [5, 5.41) is 16.1. The molecule has 0 bridgehead atoms. The van der Waals surface area contributed by atoms with Crippen LogP contribution < -0.4 is 21.7 Å². The number of aromatic nitrogens is 1. The van der Waals surface area contributed by atoms with Crippen molar-refractivity contribution >= 4 is 23.6 Å². The van der Waals surface area contributed by atoms with E-state index < -0.39 is 36.0 Å². The zero-order valence-corrected chi connectivity index (χ0v) is 20.8. The number of nitrogen functional groups attached to an aromatic ring is 1. The van der Waals surface area contributed by atoms with Gasteiger partial charge in [-0.3, -0.25) is 15.0 Å². The van der Waals surface area contributed by atoms with E-state index >= 15 is 0 Å². The van der Waals surface area contributed by atoms with Crippen molar-refractivity contribution in [1.29, 1.82) is 5.41 Å². The molecule has 3 aromatic rings. The molecule has 1 saturated heterocycles. The predicted octanol–water partition coefficient (Wildman–Crippen LogP) is 1.99. The number of hydrogen-bond donors (Lipinski definition) is 5. The van der Waals surface area contributed by atoms with Crippen LogP contribution in [-0.2, 0) is 14.3 Å². The molecule has 4 rings (SSSR count). The second-order valence-electron chi connectivity index (χ2n) is 8.89. The maximum atomic E-state index is 13.9. The molecule has 2 amide bonds. The van der Waals surface area contributed by atoms with Gasteiger partial charge < -0.3 is 30.8 Å². The summed E-state index contributed by atoms with van der Waals surface area (Å²) >= 11 is 0. The number of amidine groups is 1. The summed E-state index contributed by atoms with van der Waals surface area (Å²) in [5.74, 6) is -2.05. The molecule has 0 saturated carbocycles. The van der Waals surface area contributed by atoms with Gasteiger partial charge in [0, 0.05) is 5.92 Å². The van der Waals surface area contributed by atoms with Crippen molar-refractivity contribution in [2.45, 2.75) is 36.9 Å². The van der Waals surface area contributed by atoms with E-state index in [1.54, 1.807) is 0 Å². The molecule has 0 spiro atoms. The molecule has 2 heterocycles.